The van der Waals surface area contributed by atoms with Crippen LogP contribution in [-0.2, 0) is 0 Å². The molecule has 0 fully saturated rings. The van der Waals surface area contributed by atoms with Crippen LogP contribution in [0.2, 0.25) is 0 Å². The molecule has 2 aromatic heterocycles. The molecule has 0 spiro atoms. The van der Waals surface area contributed by atoms with Gasteiger partial charge >= 0.3 is 0 Å². The predicted octanol–water partition coefficient (Wildman–Crippen LogP) is 11.8. The van der Waals surface area contributed by atoms with Gasteiger partial charge in [-0.25, -0.2) is 15.0 Å². The first-order valence-electron chi connectivity index (χ1n) is 18.1. The molecule has 11 rings (SSSR count). The summed E-state index contributed by atoms with van der Waals surface area (Å²) in [5.41, 5.74) is 8.31. The molecule has 54 heavy (non-hydrogen) atoms. The zero-order chi connectivity index (χ0) is 35.6. The Kier molecular flexibility index (Phi) is 6.82. The molecule has 254 valence electrons. The van der Waals surface area contributed by atoms with Gasteiger partial charge in [0.15, 0.2) is 29.5 Å². The monoisotopic (exact) mass is 693 g/mol. The van der Waals surface area contributed by atoms with Crippen molar-refractivity contribution in [1.82, 2.24) is 19.5 Å². The number of fused-ring (bicyclic) bond motifs is 8. The van der Waals surface area contributed by atoms with Crippen molar-refractivity contribution in [2.24, 2.45) is 0 Å². The van der Waals surface area contributed by atoms with Crippen LogP contribution in [0.1, 0.15) is 11.8 Å². The van der Waals surface area contributed by atoms with E-state index in [1.165, 1.54) is 16.3 Å². The summed E-state index contributed by atoms with van der Waals surface area (Å²) in [6.07, 6.45) is -0.343. The van der Waals surface area contributed by atoms with E-state index < -0.39 is 0 Å². The third kappa shape index (κ3) is 4.92. The van der Waals surface area contributed by atoms with E-state index in [0.717, 1.165) is 66.4 Å². The van der Waals surface area contributed by atoms with Crippen LogP contribution in [0.15, 0.2) is 176 Å². The minimum Gasteiger partial charge on any atom is -0.464 e. The Morgan fingerprint density at radius 2 is 1.06 bits per heavy atom. The van der Waals surface area contributed by atoms with Gasteiger partial charge in [0.1, 0.15) is 0 Å². The van der Waals surface area contributed by atoms with Crippen LogP contribution < -0.4 is 10.1 Å². The molecule has 0 saturated carbocycles. The Balaban J connectivity index is 1.00. The maximum atomic E-state index is 6.87. The number of nitrogens with zero attached hydrogens (tertiary/aromatic N) is 4. The molecular weight excluding hydrogens is 663 g/mol. The van der Waals surface area contributed by atoms with Gasteiger partial charge in [-0.15, -0.1) is 0 Å². The number of nitrogens with one attached hydrogen (secondary N) is 1. The fourth-order valence-corrected chi connectivity index (χ4v) is 7.88. The summed E-state index contributed by atoms with van der Waals surface area (Å²) in [4.78, 5) is 14.8. The molecule has 3 heterocycles. The SMILES string of the molecule is c1ccc(-c2nc(-c3ccccc3)nc(-c3ccc4c(ccc5ccc6c(c54)OC(c4ccc5c7ccccc7n(-c7ccccc7)c5c4)N6)c3)n2)cc1. The van der Waals surface area contributed by atoms with Crippen LogP contribution in [0.25, 0.3) is 83.2 Å². The highest BCUT2D eigenvalue weighted by molar-refractivity contribution is 6.14. The van der Waals surface area contributed by atoms with Crippen LogP contribution in [-0.4, -0.2) is 19.5 Å². The maximum absolute atomic E-state index is 6.87. The Bertz CT molecular complexity index is 2990. The number of hydrogen-bond acceptors (Lipinski definition) is 5. The van der Waals surface area contributed by atoms with Crippen molar-refractivity contribution in [2.45, 2.75) is 6.23 Å². The third-order valence-electron chi connectivity index (χ3n) is 10.4. The van der Waals surface area contributed by atoms with Crippen molar-refractivity contribution in [1.29, 1.82) is 0 Å². The zero-order valence-electron chi connectivity index (χ0n) is 29.0. The van der Waals surface area contributed by atoms with Gasteiger partial charge in [-0.1, -0.05) is 140 Å². The van der Waals surface area contributed by atoms with E-state index >= 15 is 0 Å². The summed E-state index contributed by atoms with van der Waals surface area (Å²) < 4.78 is 9.22. The molecule has 0 bridgehead atoms. The summed E-state index contributed by atoms with van der Waals surface area (Å²) >= 11 is 0. The average molecular weight is 694 g/mol. The van der Waals surface area contributed by atoms with Crippen molar-refractivity contribution < 1.29 is 4.74 Å². The van der Waals surface area contributed by atoms with Crippen LogP contribution in [0, 0.1) is 0 Å². The fraction of sp³-hybridized carbons (Fsp3) is 0.0208. The van der Waals surface area contributed by atoms with Crippen molar-refractivity contribution >= 4 is 49.0 Å². The summed E-state index contributed by atoms with van der Waals surface area (Å²) in [6, 6.07) is 61.0. The minimum atomic E-state index is -0.343. The Labute approximate surface area is 311 Å². The zero-order valence-corrected chi connectivity index (χ0v) is 29.0. The number of benzene rings is 8. The largest absolute Gasteiger partial charge is 0.464 e. The number of hydrogen-bond donors (Lipinski definition) is 1. The molecule has 1 unspecified atom stereocenters. The van der Waals surface area contributed by atoms with E-state index in [0.29, 0.717) is 17.5 Å². The third-order valence-corrected chi connectivity index (χ3v) is 10.4. The first kappa shape index (κ1) is 30.3. The van der Waals surface area contributed by atoms with Gasteiger partial charge in [-0.2, -0.15) is 0 Å². The molecule has 10 aromatic rings. The van der Waals surface area contributed by atoms with Crippen LogP contribution in [0.4, 0.5) is 5.69 Å². The molecule has 6 heteroatoms. The summed E-state index contributed by atoms with van der Waals surface area (Å²) in [6.45, 7) is 0. The van der Waals surface area contributed by atoms with Crippen LogP contribution in [0.3, 0.4) is 0 Å². The number of ether oxygens (including phenoxy) is 1. The van der Waals surface area contributed by atoms with E-state index in [9.17, 15) is 0 Å². The van der Waals surface area contributed by atoms with Gasteiger partial charge in [0.25, 0.3) is 0 Å². The highest BCUT2D eigenvalue weighted by atomic mass is 16.5. The smallest absolute Gasteiger partial charge is 0.196 e. The Hall–Kier alpha value is -7.31. The lowest BCUT2D eigenvalue weighted by molar-refractivity contribution is 0.263. The van der Waals surface area contributed by atoms with E-state index in [4.69, 9.17) is 19.7 Å². The van der Waals surface area contributed by atoms with Crippen molar-refractivity contribution in [2.75, 3.05) is 5.32 Å². The average Bonchev–Trinajstić information content (AvgIpc) is 3.84. The molecule has 8 aromatic carbocycles. The molecule has 0 saturated heterocycles. The van der Waals surface area contributed by atoms with Crippen LogP contribution >= 0.6 is 0 Å². The molecular formula is C48H31N5O. The van der Waals surface area contributed by atoms with Gasteiger partial charge in [0.05, 0.1) is 16.7 Å². The van der Waals surface area contributed by atoms with Gasteiger partial charge < -0.3 is 14.6 Å². The number of aromatic nitrogens is 4. The lowest BCUT2D eigenvalue weighted by Crippen LogP contribution is -2.10. The molecule has 0 radical (unpaired) electrons. The topological polar surface area (TPSA) is 64.9 Å². The maximum Gasteiger partial charge on any atom is 0.196 e. The van der Waals surface area contributed by atoms with Gasteiger partial charge in [0, 0.05) is 44.1 Å². The molecule has 0 amide bonds. The van der Waals surface area contributed by atoms with E-state index in [1.54, 1.807) is 0 Å². The van der Waals surface area contributed by atoms with Gasteiger partial charge in [0.2, 0.25) is 0 Å². The Morgan fingerprint density at radius 1 is 0.463 bits per heavy atom. The van der Waals surface area contributed by atoms with Crippen molar-refractivity contribution in [3.8, 4) is 45.6 Å². The standard InChI is InChI=1S/C48H31N5O/c1-4-12-31(13-5-1)45-50-46(32-14-6-2-7-15-32)52-47(51-45)34-22-25-37-33(28-34)21-20-30-24-27-40-44(43(30)37)54-48(49-40)35-23-26-39-38-18-10-11-19-41(38)53(42(39)29-35)36-16-8-3-9-17-36/h1-29,48-49H. The second kappa shape index (κ2) is 12.1. The first-order valence-corrected chi connectivity index (χ1v) is 18.1. The second-order valence-electron chi connectivity index (χ2n) is 13.7. The van der Waals surface area contributed by atoms with Crippen molar-refractivity contribution in [3.63, 3.8) is 0 Å². The van der Waals surface area contributed by atoms with E-state index in [1.807, 2.05) is 60.7 Å². The van der Waals surface area contributed by atoms with Gasteiger partial charge in [-0.05, 0) is 52.6 Å². The number of para-hydroxylation sites is 2. The van der Waals surface area contributed by atoms with Crippen LogP contribution in [0.5, 0.6) is 5.75 Å². The number of anilines is 1. The lowest BCUT2D eigenvalue weighted by Gasteiger charge is -2.14. The Morgan fingerprint density at radius 3 is 1.80 bits per heavy atom. The molecule has 1 aliphatic heterocycles. The second-order valence-corrected chi connectivity index (χ2v) is 13.7. The normalized spacial score (nSPS) is 13.7. The highest BCUT2D eigenvalue weighted by Gasteiger charge is 2.27. The number of rotatable bonds is 5. The summed E-state index contributed by atoms with van der Waals surface area (Å²) in [7, 11) is 0. The highest BCUT2D eigenvalue weighted by Crippen LogP contribution is 2.46. The summed E-state index contributed by atoms with van der Waals surface area (Å²) in [5, 5.41) is 10.5. The fourth-order valence-electron chi connectivity index (χ4n) is 7.88. The molecule has 1 N–H and O–H groups in total. The summed E-state index contributed by atoms with van der Waals surface area (Å²) in [5.74, 6) is 2.77. The predicted molar refractivity (Wildman–Crippen MR) is 219 cm³/mol. The minimum absolute atomic E-state index is 0.343. The quantitative estimate of drug-likeness (QED) is 0.182. The van der Waals surface area contributed by atoms with E-state index in [-0.39, 0.29) is 6.23 Å². The molecule has 6 nitrogen and oxygen atoms in total. The molecule has 0 aliphatic carbocycles. The molecule has 1 aliphatic rings. The van der Waals surface area contributed by atoms with Crippen molar-refractivity contribution in [3.05, 3.63) is 181 Å². The van der Waals surface area contributed by atoms with E-state index in [2.05, 4.69) is 125 Å². The molecule has 1 atom stereocenters. The van der Waals surface area contributed by atoms with Gasteiger partial charge in [-0.3, -0.25) is 0 Å². The lowest BCUT2D eigenvalue weighted by atomic mass is 9.98. The first-order chi connectivity index (χ1) is 26.7.